The van der Waals surface area contributed by atoms with Crippen LogP contribution in [0.1, 0.15) is 29.4 Å². The molecule has 0 N–H and O–H groups in total. The minimum atomic E-state index is -4.58. The smallest absolute Gasteiger partial charge is 0.381 e. The second-order valence-electron chi connectivity index (χ2n) is 8.49. The Bertz CT molecular complexity index is 1670. The van der Waals surface area contributed by atoms with Crippen LogP contribution in [0.15, 0.2) is 47.7 Å². The molecule has 0 amide bonds. The van der Waals surface area contributed by atoms with E-state index in [9.17, 15) is 18.0 Å². The van der Waals surface area contributed by atoms with E-state index in [-0.39, 0.29) is 28.5 Å². The summed E-state index contributed by atoms with van der Waals surface area (Å²) in [5.41, 5.74) is 0.554. The van der Waals surface area contributed by atoms with E-state index >= 15 is 0 Å². The van der Waals surface area contributed by atoms with Crippen molar-refractivity contribution in [2.45, 2.75) is 25.4 Å². The van der Waals surface area contributed by atoms with E-state index in [1.807, 2.05) is 12.1 Å². The highest BCUT2D eigenvalue weighted by atomic mass is 32.1. The molecule has 0 spiro atoms. The molecular weight excluding hydrogens is 493 g/mol. The highest BCUT2D eigenvalue weighted by molar-refractivity contribution is 7.22. The van der Waals surface area contributed by atoms with Crippen molar-refractivity contribution in [3.8, 4) is 16.3 Å². The van der Waals surface area contributed by atoms with Crippen molar-refractivity contribution in [2.24, 2.45) is 0 Å². The van der Waals surface area contributed by atoms with Crippen molar-refractivity contribution in [1.82, 2.24) is 29.7 Å². The molecule has 1 fully saturated rings. The molecule has 0 unspecified atom stereocenters. The fourth-order valence-electron chi connectivity index (χ4n) is 4.17. The first kappa shape index (κ1) is 22.7. The number of fused-ring (bicyclic) bond motifs is 2. The fourth-order valence-corrected chi connectivity index (χ4v) is 5.17. The third-order valence-electron chi connectivity index (χ3n) is 5.99. The van der Waals surface area contributed by atoms with Gasteiger partial charge in [-0.25, -0.2) is 19.6 Å². The van der Waals surface area contributed by atoms with Gasteiger partial charge in [0.05, 0.1) is 40.0 Å². The molecule has 6 heterocycles. The van der Waals surface area contributed by atoms with E-state index in [4.69, 9.17) is 4.74 Å². The SMILES string of the molecule is Cc1cnc2c(n1)c(=O)c(-c1cc3cc([C@H]4CCOC4)ncc3s1)nn2-c1ccc(C(F)(F)F)nc1. The van der Waals surface area contributed by atoms with E-state index in [1.165, 1.54) is 28.3 Å². The quantitative estimate of drug-likeness (QED) is 0.348. The van der Waals surface area contributed by atoms with Crippen LogP contribution in [0.5, 0.6) is 0 Å². The summed E-state index contributed by atoms with van der Waals surface area (Å²) in [6, 6.07) is 5.97. The summed E-state index contributed by atoms with van der Waals surface area (Å²) in [6.45, 7) is 3.04. The first-order chi connectivity index (χ1) is 17.3. The topological polar surface area (TPSA) is 95.7 Å². The lowest BCUT2D eigenvalue weighted by Crippen LogP contribution is -2.18. The van der Waals surface area contributed by atoms with Gasteiger partial charge in [-0.05, 0) is 43.0 Å². The Hall–Kier alpha value is -3.77. The summed E-state index contributed by atoms with van der Waals surface area (Å²) in [5.74, 6) is 0.235. The molecule has 1 aliphatic rings. The maximum atomic E-state index is 13.4. The summed E-state index contributed by atoms with van der Waals surface area (Å²) in [7, 11) is 0. The Morgan fingerprint density at radius 3 is 2.69 bits per heavy atom. The Morgan fingerprint density at radius 1 is 1.11 bits per heavy atom. The van der Waals surface area contributed by atoms with Gasteiger partial charge < -0.3 is 4.74 Å². The van der Waals surface area contributed by atoms with Gasteiger partial charge in [0.2, 0.25) is 5.43 Å². The minimum absolute atomic E-state index is 0.0688. The second-order valence-corrected chi connectivity index (χ2v) is 9.57. The third-order valence-corrected chi connectivity index (χ3v) is 7.09. The lowest BCUT2D eigenvalue weighted by atomic mass is 10.0. The van der Waals surface area contributed by atoms with E-state index in [2.05, 4.69) is 25.0 Å². The van der Waals surface area contributed by atoms with E-state index in [0.29, 0.717) is 23.8 Å². The largest absolute Gasteiger partial charge is 0.433 e. The number of hydrogen-bond donors (Lipinski definition) is 0. The molecule has 0 radical (unpaired) electrons. The third kappa shape index (κ3) is 3.91. The highest BCUT2D eigenvalue weighted by Gasteiger charge is 2.32. The number of rotatable bonds is 3. The Labute approximate surface area is 205 Å². The van der Waals surface area contributed by atoms with Crippen molar-refractivity contribution < 1.29 is 17.9 Å². The van der Waals surface area contributed by atoms with Crippen molar-refractivity contribution in [3.63, 3.8) is 0 Å². The number of aromatic nitrogens is 6. The van der Waals surface area contributed by atoms with E-state index < -0.39 is 17.3 Å². The molecule has 182 valence electrons. The molecule has 6 rings (SSSR count). The van der Waals surface area contributed by atoms with Crippen LogP contribution in [0.2, 0.25) is 0 Å². The molecule has 5 aromatic heterocycles. The molecule has 0 bridgehead atoms. The molecule has 0 saturated carbocycles. The fraction of sp³-hybridized carbons (Fsp3) is 0.250. The zero-order valence-corrected chi connectivity index (χ0v) is 19.6. The van der Waals surface area contributed by atoms with Crippen molar-refractivity contribution in [3.05, 3.63) is 70.2 Å². The van der Waals surface area contributed by atoms with Crippen LogP contribution >= 0.6 is 11.3 Å². The molecule has 0 aliphatic carbocycles. The predicted octanol–water partition coefficient (Wildman–Crippen LogP) is 4.68. The monoisotopic (exact) mass is 510 g/mol. The molecule has 1 aliphatic heterocycles. The van der Waals surface area contributed by atoms with Crippen LogP contribution in [0, 0.1) is 6.92 Å². The molecule has 1 saturated heterocycles. The summed E-state index contributed by atoms with van der Waals surface area (Å²) in [6.07, 6.45) is 0.632. The first-order valence-electron chi connectivity index (χ1n) is 11.1. The number of halogens is 3. The van der Waals surface area contributed by atoms with Crippen LogP contribution in [0.25, 0.3) is 37.5 Å². The lowest BCUT2D eigenvalue weighted by molar-refractivity contribution is -0.141. The normalized spacial score (nSPS) is 16.3. The summed E-state index contributed by atoms with van der Waals surface area (Å²) < 4.78 is 46.7. The number of thiophene rings is 1. The second kappa shape index (κ2) is 8.42. The zero-order valence-electron chi connectivity index (χ0n) is 18.8. The number of aryl methyl sites for hydroxylation is 1. The molecule has 5 aromatic rings. The maximum Gasteiger partial charge on any atom is 0.433 e. The number of hydrogen-bond acceptors (Lipinski definition) is 8. The van der Waals surface area contributed by atoms with Gasteiger partial charge in [-0.15, -0.1) is 11.3 Å². The summed E-state index contributed by atoms with van der Waals surface area (Å²) in [4.78, 5) is 30.8. The molecule has 36 heavy (non-hydrogen) atoms. The standard InChI is InChI=1S/C24H17F3N6O2S/c1-12-8-30-23-21(31-12)22(34)20(32-33(23)15-2-3-19(29-9-15)24(25,26)27)17-7-14-6-16(13-4-5-35-11-13)28-10-18(14)36-17/h2-3,6-10,13H,4-5,11H2,1H3/t13-/m0/s1. The van der Waals surface area contributed by atoms with Gasteiger partial charge in [0.1, 0.15) is 5.69 Å². The minimum Gasteiger partial charge on any atom is -0.381 e. The number of ether oxygens (including phenoxy) is 1. The van der Waals surface area contributed by atoms with Crippen molar-refractivity contribution in [1.29, 1.82) is 0 Å². The van der Waals surface area contributed by atoms with Gasteiger partial charge in [-0.3, -0.25) is 9.78 Å². The molecule has 8 nitrogen and oxygen atoms in total. The van der Waals surface area contributed by atoms with Crippen molar-refractivity contribution >= 4 is 32.6 Å². The number of alkyl halides is 3. The van der Waals surface area contributed by atoms with Gasteiger partial charge in [-0.1, -0.05) is 0 Å². The predicted molar refractivity (Wildman–Crippen MR) is 127 cm³/mol. The number of nitrogens with zero attached hydrogens (tertiary/aromatic N) is 6. The van der Waals surface area contributed by atoms with Crippen LogP contribution in [0.4, 0.5) is 13.2 Å². The van der Waals surface area contributed by atoms with E-state index in [0.717, 1.165) is 34.5 Å². The van der Waals surface area contributed by atoms with Crippen LogP contribution in [-0.4, -0.2) is 42.9 Å². The highest BCUT2D eigenvalue weighted by Crippen LogP contribution is 2.34. The van der Waals surface area contributed by atoms with Gasteiger partial charge in [-0.2, -0.15) is 18.3 Å². The number of pyridine rings is 2. The lowest BCUT2D eigenvalue weighted by Gasteiger charge is -2.11. The van der Waals surface area contributed by atoms with Gasteiger partial charge in [0.15, 0.2) is 16.9 Å². The first-order valence-corrected chi connectivity index (χ1v) is 11.9. The molecule has 12 heteroatoms. The van der Waals surface area contributed by atoms with Crippen molar-refractivity contribution in [2.75, 3.05) is 13.2 Å². The molecule has 0 aromatic carbocycles. The van der Waals surface area contributed by atoms with Crippen LogP contribution in [0.3, 0.4) is 0 Å². The van der Waals surface area contributed by atoms with E-state index in [1.54, 1.807) is 13.1 Å². The Balaban J connectivity index is 1.52. The van der Waals surface area contributed by atoms with Crippen LogP contribution < -0.4 is 5.43 Å². The van der Waals surface area contributed by atoms with Gasteiger partial charge >= 0.3 is 6.18 Å². The Morgan fingerprint density at radius 2 is 1.97 bits per heavy atom. The summed E-state index contributed by atoms with van der Waals surface area (Å²) in [5, 5.41) is 5.43. The zero-order chi connectivity index (χ0) is 25.0. The Kier molecular flexibility index (Phi) is 5.30. The maximum absolute atomic E-state index is 13.4. The average molecular weight is 511 g/mol. The molecular formula is C24H17F3N6O2S. The van der Waals surface area contributed by atoms with Crippen LogP contribution in [-0.2, 0) is 10.9 Å². The summed E-state index contributed by atoms with van der Waals surface area (Å²) >= 11 is 1.36. The van der Waals surface area contributed by atoms with Gasteiger partial charge in [0.25, 0.3) is 0 Å². The molecule has 1 atom stereocenters. The average Bonchev–Trinajstić information content (AvgIpc) is 3.54. The van der Waals surface area contributed by atoms with Gasteiger partial charge in [0, 0.05) is 24.4 Å².